The highest BCUT2D eigenvalue weighted by molar-refractivity contribution is 14.1. The molecule has 0 spiro atoms. The molecule has 1 aliphatic heterocycles. The molecule has 110 valence electrons. The van der Waals surface area contributed by atoms with Crippen molar-refractivity contribution in [3.63, 3.8) is 0 Å². The lowest BCUT2D eigenvalue weighted by atomic mass is 10.2. The van der Waals surface area contributed by atoms with Gasteiger partial charge in [0.2, 0.25) is 0 Å². The Kier molecular flexibility index (Phi) is 5.03. The summed E-state index contributed by atoms with van der Waals surface area (Å²) in [5, 5.41) is 0.851. The summed E-state index contributed by atoms with van der Waals surface area (Å²) < 4.78 is 1.29. The van der Waals surface area contributed by atoms with Crippen LogP contribution in [0.15, 0.2) is 48.5 Å². The van der Waals surface area contributed by atoms with Crippen LogP contribution >= 0.6 is 34.2 Å². The molecule has 0 atom stereocenters. The van der Waals surface area contributed by atoms with Crippen LogP contribution < -0.4 is 4.90 Å². The van der Waals surface area contributed by atoms with Crippen molar-refractivity contribution in [1.29, 1.82) is 0 Å². The van der Waals surface area contributed by atoms with E-state index >= 15 is 0 Å². The predicted octanol–water partition coefficient (Wildman–Crippen LogP) is 4.27. The van der Waals surface area contributed by atoms with E-state index in [2.05, 4.69) is 68.8 Å². The van der Waals surface area contributed by atoms with E-state index < -0.39 is 0 Å². The first-order valence-electron chi connectivity index (χ1n) is 7.18. The smallest absolute Gasteiger partial charge is 0.0639 e. The minimum atomic E-state index is 0.851. The molecule has 2 aromatic carbocycles. The predicted molar refractivity (Wildman–Crippen MR) is 98.1 cm³/mol. The maximum atomic E-state index is 6.28. The van der Waals surface area contributed by atoms with Crippen LogP contribution in [0, 0.1) is 3.57 Å². The van der Waals surface area contributed by atoms with Gasteiger partial charge in [0, 0.05) is 36.3 Å². The lowest BCUT2D eigenvalue weighted by molar-refractivity contribution is 0.250. The Morgan fingerprint density at radius 3 is 2.24 bits per heavy atom. The molecule has 0 saturated carbocycles. The number of nitrogens with zero attached hydrogens (tertiary/aromatic N) is 2. The highest BCUT2D eigenvalue weighted by atomic mass is 127. The second-order valence-electron chi connectivity index (χ2n) is 5.34. The minimum absolute atomic E-state index is 0.851. The number of hydrogen-bond donors (Lipinski definition) is 0. The van der Waals surface area contributed by atoms with Gasteiger partial charge in [0.25, 0.3) is 0 Å². The van der Waals surface area contributed by atoms with Crippen LogP contribution in [0.4, 0.5) is 5.69 Å². The summed E-state index contributed by atoms with van der Waals surface area (Å²) in [6, 6.07) is 16.9. The third kappa shape index (κ3) is 3.90. The second kappa shape index (κ2) is 6.99. The van der Waals surface area contributed by atoms with E-state index in [4.69, 9.17) is 11.6 Å². The Labute approximate surface area is 144 Å². The van der Waals surface area contributed by atoms with Crippen molar-refractivity contribution in [1.82, 2.24) is 4.90 Å². The molecule has 1 aliphatic rings. The van der Waals surface area contributed by atoms with E-state index in [1.54, 1.807) is 0 Å². The van der Waals surface area contributed by atoms with Crippen LogP contribution in [-0.4, -0.2) is 31.1 Å². The minimum Gasteiger partial charge on any atom is -0.368 e. The first-order valence-corrected chi connectivity index (χ1v) is 8.64. The topological polar surface area (TPSA) is 6.48 Å². The van der Waals surface area contributed by atoms with Gasteiger partial charge >= 0.3 is 0 Å². The highest BCUT2D eigenvalue weighted by Gasteiger charge is 2.18. The zero-order valence-electron chi connectivity index (χ0n) is 11.8. The van der Waals surface area contributed by atoms with Gasteiger partial charge in [-0.3, -0.25) is 4.90 Å². The number of rotatable bonds is 3. The van der Waals surface area contributed by atoms with Gasteiger partial charge in [-0.05, 0) is 52.4 Å². The van der Waals surface area contributed by atoms with Gasteiger partial charge in [-0.15, -0.1) is 0 Å². The van der Waals surface area contributed by atoms with Gasteiger partial charge in [0.15, 0.2) is 0 Å². The fourth-order valence-corrected chi connectivity index (χ4v) is 3.32. The van der Waals surface area contributed by atoms with Crippen LogP contribution in [-0.2, 0) is 6.54 Å². The Morgan fingerprint density at radius 1 is 0.905 bits per heavy atom. The average Bonchev–Trinajstić information content (AvgIpc) is 2.51. The van der Waals surface area contributed by atoms with Crippen LogP contribution in [0.1, 0.15) is 5.56 Å². The summed E-state index contributed by atoms with van der Waals surface area (Å²) >= 11 is 8.63. The number of anilines is 1. The zero-order chi connectivity index (χ0) is 14.7. The van der Waals surface area contributed by atoms with Crippen molar-refractivity contribution >= 4 is 39.9 Å². The molecule has 1 heterocycles. The monoisotopic (exact) mass is 412 g/mol. The van der Waals surface area contributed by atoms with E-state index in [-0.39, 0.29) is 0 Å². The Hall–Kier alpha value is -0.780. The molecule has 0 N–H and O–H groups in total. The Morgan fingerprint density at radius 2 is 1.57 bits per heavy atom. The fraction of sp³-hybridized carbons (Fsp3) is 0.294. The average molecular weight is 413 g/mol. The molecule has 0 aromatic heterocycles. The van der Waals surface area contributed by atoms with Crippen LogP contribution in [0.2, 0.25) is 5.02 Å². The molecular weight excluding hydrogens is 395 g/mol. The molecular formula is C17H18ClIN2. The van der Waals surface area contributed by atoms with Crippen LogP contribution in [0.5, 0.6) is 0 Å². The van der Waals surface area contributed by atoms with Crippen molar-refractivity contribution in [3.8, 4) is 0 Å². The largest absolute Gasteiger partial charge is 0.368 e. The van der Waals surface area contributed by atoms with Crippen molar-refractivity contribution in [2.24, 2.45) is 0 Å². The lowest BCUT2D eigenvalue weighted by Crippen LogP contribution is -2.46. The molecule has 3 rings (SSSR count). The molecule has 0 radical (unpaired) electrons. The fourth-order valence-electron chi connectivity index (χ4n) is 2.70. The molecule has 2 aromatic rings. The Balaban J connectivity index is 1.58. The molecule has 0 unspecified atom stereocenters. The van der Waals surface area contributed by atoms with E-state index in [1.807, 2.05) is 12.1 Å². The standard InChI is InChI=1S/C17H18ClIN2/c18-16-3-1-2-4-17(16)21-11-9-20(10-12-21)13-14-5-7-15(19)8-6-14/h1-8H,9-13H2. The van der Waals surface area contributed by atoms with Gasteiger partial charge in [0.05, 0.1) is 10.7 Å². The molecule has 0 amide bonds. The summed E-state index contributed by atoms with van der Waals surface area (Å²) in [7, 11) is 0. The van der Waals surface area contributed by atoms with Gasteiger partial charge in [-0.2, -0.15) is 0 Å². The quantitative estimate of drug-likeness (QED) is 0.695. The SMILES string of the molecule is Clc1ccccc1N1CCN(Cc2ccc(I)cc2)CC1. The van der Waals surface area contributed by atoms with E-state index in [1.165, 1.54) is 9.13 Å². The van der Waals surface area contributed by atoms with Crippen molar-refractivity contribution in [3.05, 3.63) is 62.7 Å². The maximum absolute atomic E-state index is 6.28. The summed E-state index contributed by atoms with van der Waals surface area (Å²) in [6.07, 6.45) is 0. The summed E-state index contributed by atoms with van der Waals surface area (Å²) in [5.74, 6) is 0. The molecule has 21 heavy (non-hydrogen) atoms. The molecule has 4 heteroatoms. The lowest BCUT2D eigenvalue weighted by Gasteiger charge is -2.36. The van der Waals surface area contributed by atoms with Crippen LogP contribution in [0.25, 0.3) is 0 Å². The number of halogens is 2. The number of hydrogen-bond acceptors (Lipinski definition) is 2. The van der Waals surface area contributed by atoms with Crippen LogP contribution in [0.3, 0.4) is 0 Å². The van der Waals surface area contributed by atoms with E-state index in [0.717, 1.165) is 43.4 Å². The summed E-state index contributed by atoms with van der Waals surface area (Å²) in [6.45, 7) is 5.27. The van der Waals surface area contributed by atoms with E-state index in [9.17, 15) is 0 Å². The summed E-state index contributed by atoms with van der Waals surface area (Å²) in [5.41, 5.74) is 2.55. The number of para-hydroxylation sites is 1. The first kappa shape index (κ1) is 15.1. The first-order chi connectivity index (χ1) is 10.2. The van der Waals surface area contributed by atoms with Crippen molar-refractivity contribution in [2.75, 3.05) is 31.1 Å². The molecule has 1 fully saturated rings. The summed E-state index contributed by atoms with van der Waals surface area (Å²) in [4.78, 5) is 4.89. The molecule has 0 bridgehead atoms. The van der Waals surface area contributed by atoms with E-state index in [0.29, 0.717) is 0 Å². The zero-order valence-corrected chi connectivity index (χ0v) is 14.7. The Bertz CT molecular complexity index is 592. The van der Waals surface area contributed by atoms with Crippen molar-refractivity contribution in [2.45, 2.75) is 6.54 Å². The molecule has 0 aliphatic carbocycles. The van der Waals surface area contributed by atoms with Crippen molar-refractivity contribution < 1.29 is 0 Å². The second-order valence-corrected chi connectivity index (χ2v) is 6.99. The van der Waals surface area contributed by atoms with Gasteiger partial charge < -0.3 is 4.90 Å². The third-order valence-electron chi connectivity index (χ3n) is 3.88. The van der Waals surface area contributed by atoms with Gasteiger partial charge in [0.1, 0.15) is 0 Å². The maximum Gasteiger partial charge on any atom is 0.0639 e. The number of piperazine rings is 1. The third-order valence-corrected chi connectivity index (χ3v) is 4.92. The van der Waals surface area contributed by atoms with Gasteiger partial charge in [-0.25, -0.2) is 0 Å². The highest BCUT2D eigenvalue weighted by Crippen LogP contribution is 2.26. The number of benzene rings is 2. The molecule has 2 nitrogen and oxygen atoms in total. The van der Waals surface area contributed by atoms with Gasteiger partial charge in [-0.1, -0.05) is 35.9 Å². The normalized spacial score (nSPS) is 16.2. The molecule has 1 saturated heterocycles.